The number of carbonyl (C=O) groups excluding carboxylic acids is 2. The van der Waals surface area contributed by atoms with Crippen molar-refractivity contribution in [2.24, 2.45) is 10.8 Å². The van der Waals surface area contributed by atoms with Gasteiger partial charge in [-0.3, -0.25) is 14.4 Å². The van der Waals surface area contributed by atoms with E-state index in [2.05, 4.69) is 4.74 Å². The Bertz CT molecular complexity index is 1630. The summed E-state index contributed by atoms with van der Waals surface area (Å²) in [6.45, 7) is 0.610. The fourth-order valence-electron chi connectivity index (χ4n) is 4.88. The summed E-state index contributed by atoms with van der Waals surface area (Å²) in [6, 6.07) is 14.2. The Labute approximate surface area is 290 Å². The number of aromatic carboxylic acids is 1. The van der Waals surface area contributed by atoms with Crippen molar-refractivity contribution in [1.82, 2.24) is 0 Å². The maximum Gasteiger partial charge on any atom is 0.460 e. The van der Waals surface area contributed by atoms with Crippen molar-refractivity contribution in [1.29, 1.82) is 5.26 Å². The van der Waals surface area contributed by atoms with Crippen molar-refractivity contribution < 1.29 is 69.6 Å². The molecule has 0 amide bonds. The van der Waals surface area contributed by atoms with Crippen molar-refractivity contribution in [2.75, 3.05) is 6.61 Å². The van der Waals surface area contributed by atoms with Crippen LogP contribution in [0.1, 0.15) is 62.4 Å². The van der Waals surface area contributed by atoms with Gasteiger partial charge in [-0.25, -0.2) is 4.79 Å². The Balaban J connectivity index is 2.65. The Kier molecular flexibility index (Phi) is 13.2. The van der Waals surface area contributed by atoms with Crippen LogP contribution in [0, 0.1) is 22.2 Å². The lowest BCUT2D eigenvalue weighted by Gasteiger charge is -2.39. The van der Waals surface area contributed by atoms with Gasteiger partial charge in [-0.05, 0) is 69.9 Å². The Hall–Kier alpha value is -4.24. The van der Waals surface area contributed by atoms with Crippen LogP contribution in [-0.4, -0.2) is 67.7 Å². The molecule has 9 nitrogen and oxygen atoms in total. The predicted molar refractivity (Wildman–Crippen MR) is 168 cm³/mol. The van der Waals surface area contributed by atoms with Gasteiger partial charge in [-0.2, -0.15) is 36.0 Å². The molecule has 272 valence electrons. The molecule has 0 spiro atoms. The zero-order valence-corrected chi connectivity index (χ0v) is 28.1. The molecule has 0 saturated carbocycles. The second kappa shape index (κ2) is 15.8. The van der Waals surface area contributed by atoms with Crippen LogP contribution in [0.4, 0.5) is 30.7 Å². The van der Waals surface area contributed by atoms with E-state index in [4.69, 9.17) is 22.1 Å². The number of thioether (sulfide) groups is 1. The van der Waals surface area contributed by atoms with Crippen molar-refractivity contribution in [3.8, 4) is 11.8 Å². The van der Waals surface area contributed by atoms with Crippen molar-refractivity contribution in [3.05, 3.63) is 65.7 Å². The van der Waals surface area contributed by atoms with Crippen LogP contribution in [0.15, 0.2) is 54.6 Å². The molecule has 0 radical (unpaired) electrons. The number of hydrogen-bond acceptors (Lipinski definition) is 9. The molecule has 3 unspecified atom stereocenters. The molecular weight excluding hydrogens is 723 g/mol. The molecule has 0 saturated heterocycles. The Morgan fingerprint density at radius 3 is 1.88 bits per heavy atom. The molecule has 0 bridgehead atoms. The standard InChI is InChI=1S/C32H30F7NO8S2/c1-27(17-40,14-13-22(41)42)15-28(2,25(45)47-18-30(33,34)31(35,36)32(37,38)39)16-29(3,50-24(49)20-7-5-4-6-8-20)26(46)48-21-11-9-19(10-12-21)23(43)44/h4-12H,13-16,18H2,1-3H3,(H,41,42)(H,43,44). The van der Waals surface area contributed by atoms with Gasteiger partial charge in [-0.15, -0.1) is 0 Å². The minimum absolute atomic E-state index is 0.0206. The molecule has 0 aliphatic carbocycles. The summed E-state index contributed by atoms with van der Waals surface area (Å²) < 4.78 is 102. The summed E-state index contributed by atoms with van der Waals surface area (Å²) in [4.78, 5) is 50.0. The van der Waals surface area contributed by atoms with Gasteiger partial charge in [0.15, 0.2) is 6.61 Å². The predicted octanol–water partition coefficient (Wildman–Crippen LogP) is 7.72. The second-order valence-corrected chi connectivity index (χ2v) is 14.2. The summed E-state index contributed by atoms with van der Waals surface area (Å²) in [7, 11) is 0. The number of halogens is 7. The highest BCUT2D eigenvalue weighted by Crippen LogP contribution is 2.50. The number of benzene rings is 2. The summed E-state index contributed by atoms with van der Waals surface area (Å²) in [6.07, 6.45) is -9.41. The van der Waals surface area contributed by atoms with Crippen LogP contribution < -0.4 is 4.74 Å². The van der Waals surface area contributed by atoms with E-state index in [0.29, 0.717) is 17.3 Å². The second-order valence-electron chi connectivity index (χ2n) is 12.0. The number of ether oxygens (including phenoxy) is 2. The molecule has 2 rings (SSSR count). The van der Waals surface area contributed by atoms with Gasteiger partial charge < -0.3 is 19.7 Å². The summed E-state index contributed by atoms with van der Waals surface area (Å²) in [5.41, 5.74) is -3.93. The molecule has 2 aromatic carbocycles. The highest BCUT2D eigenvalue weighted by molar-refractivity contribution is 8.25. The third-order valence-corrected chi connectivity index (χ3v) is 9.10. The Morgan fingerprint density at radius 1 is 0.840 bits per heavy atom. The number of nitrogens with zero attached hydrogens (tertiary/aromatic N) is 1. The lowest BCUT2D eigenvalue weighted by molar-refractivity contribution is -0.360. The molecule has 2 aromatic rings. The lowest BCUT2D eigenvalue weighted by atomic mass is 9.68. The molecule has 0 aliphatic heterocycles. The van der Waals surface area contributed by atoms with E-state index < -0.39 is 89.8 Å². The van der Waals surface area contributed by atoms with E-state index in [0.717, 1.165) is 31.2 Å². The highest BCUT2D eigenvalue weighted by Gasteiger charge is 2.73. The fraction of sp³-hybridized carbons (Fsp3) is 0.438. The first-order valence-corrected chi connectivity index (χ1v) is 15.5. The zero-order valence-electron chi connectivity index (χ0n) is 26.5. The van der Waals surface area contributed by atoms with E-state index in [1.165, 1.54) is 13.8 Å². The van der Waals surface area contributed by atoms with E-state index in [-0.39, 0.29) is 15.5 Å². The first-order valence-electron chi connectivity index (χ1n) is 14.3. The lowest BCUT2D eigenvalue weighted by Crippen LogP contribution is -2.55. The van der Waals surface area contributed by atoms with Crippen LogP contribution in [-0.2, 0) is 19.1 Å². The largest absolute Gasteiger partial charge is 0.481 e. The number of aliphatic carboxylic acids is 1. The van der Waals surface area contributed by atoms with Crippen molar-refractivity contribution in [3.63, 3.8) is 0 Å². The van der Waals surface area contributed by atoms with E-state index in [9.17, 15) is 60.3 Å². The van der Waals surface area contributed by atoms with Crippen LogP contribution in [0.2, 0.25) is 0 Å². The van der Waals surface area contributed by atoms with E-state index >= 15 is 0 Å². The maximum absolute atomic E-state index is 14.2. The molecule has 2 N–H and O–H groups in total. The van der Waals surface area contributed by atoms with E-state index in [1.807, 2.05) is 6.07 Å². The number of rotatable bonds is 16. The quantitative estimate of drug-likeness (QED) is 0.0751. The molecule has 0 fully saturated rings. The SMILES string of the molecule is CC(C#N)(CCC(=O)O)CC(C)(CC(C)(SC(=S)c1ccccc1)C(=O)Oc1ccc(C(=O)O)cc1)C(=O)OCC(F)(F)C(F)(F)C(F)(F)F. The topological polar surface area (TPSA) is 151 Å². The number of carboxylic acids is 2. The van der Waals surface area contributed by atoms with Crippen molar-refractivity contribution in [2.45, 2.75) is 69.2 Å². The zero-order chi connectivity index (χ0) is 38.3. The molecule has 50 heavy (non-hydrogen) atoms. The number of thiocarbonyl (C=S) groups is 1. The molecular formula is C32H30F7NO8S2. The molecule has 0 aliphatic rings. The van der Waals surface area contributed by atoms with Crippen molar-refractivity contribution >= 4 is 52.1 Å². The number of nitriles is 1. The third kappa shape index (κ3) is 10.4. The van der Waals surface area contributed by atoms with Gasteiger partial charge in [0, 0.05) is 6.42 Å². The van der Waals surface area contributed by atoms with Crippen LogP contribution in [0.25, 0.3) is 0 Å². The van der Waals surface area contributed by atoms with Crippen LogP contribution >= 0.6 is 24.0 Å². The maximum atomic E-state index is 14.2. The van der Waals surface area contributed by atoms with Gasteiger partial charge in [-0.1, -0.05) is 54.3 Å². The number of esters is 2. The third-order valence-electron chi connectivity index (χ3n) is 7.43. The molecule has 3 atom stereocenters. The van der Waals surface area contributed by atoms with Gasteiger partial charge in [0.1, 0.15) is 10.5 Å². The Morgan fingerprint density at radius 2 is 1.40 bits per heavy atom. The summed E-state index contributed by atoms with van der Waals surface area (Å²) >= 11 is 6.12. The van der Waals surface area contributed by atoms with Gasteiger partial charge in [0.2, 0.25) is 0 Å². The minimum Gasteiger partial charge on any atom is -0.481 e. The van der Waals surface area contributed by atoms with Gasteiger partial charge in [0.25, 0.3) is 0 Å². The summed E-state index contributed by atoms with van der Waals surface area (Å²) in [5, 5.41) is 28.3. The van der Waals surface area contributed by atoms with Crippen LogP contribution in [0.5, 0.6) is 5.75 Å². The number of carboxylic acid groups (broad SMARTS) is 2. The minimum atomic E-state index is -6.73. The normalized spacial score (nSPS) is 15.7. The van der Waals surface area contributed by atoms with Gasteiger partial charge in [0.05, 0.1) is 26.7 Å². The first-order chi connectivity index (χ1) is 22.8. The first kappa shape index (κ1) is 41.9. The molecule has 18 heteroatoms. The van der Waals surface area contributed by atoms with Crippen LogP contribution in [0.3, 0.4) is 0 Å². The average molecular weight is 754 g/mol. The number of carbonyl (C=O) groups is 4. The highest BCUT2D eigenvalue weighted by atomic mass is 32.2. The smallest absolute Gasteiger partial charge is 0.460 e. The monoisotopic (exact) mass is 753 g/mol. The molecule has 0 aromatic heterocycles. The fourth-order valence-corrected chi connectivity index (χ4v) is 6.74. The van der Waals surface area contributed by atoms with E-state index in [1.54, 1.807) is 30.3 Å². The number of alkyl halides is 7. The van der Waals surface area contributed by atoms with Gasteiger partial charge >= 0.3 is 41.9 Å². The molecule has 0 heterocycles. The summed E-state index contributed by atoms with van der Waals surface area (Å²) in [5.74, 6) is -18.4. The average Bonchev–Trinajstić information content (AvgIpc) is 3.02. The number of hydrogen-bond donors (Lipinski definition) is 2.